The van der Waals surface area contributed by atoms with Gasteiger partial charge < -0.3 is 20.5 Å². The average Bonchev–Trinajstić information content (AvgIpc) is 3.47. The number of aromatic carboxylic acids is 1. The lowest BCUT2D eigenvalue weighted by Crippen LogP contribution is -2.40. The summed E-state index contributed by atoms with van der Waals surface area (Å²) in [5, 5.41) is 18.7. The van der Waals surface area contributed by atoms with Crippen LogP contribution in [0.1, 0.15) is 45.9 Å². The Morgan fingerprint density at radius 3 is 2.29 bits per heavy atom. The van der Waals surface area contributed by atoms with E-state index in [0.29, 0.717) is 18.5 Å². The van der Waals surface area contributed by atoms with E-state index in [0.717, 1.165) is 22.3 Å². The molecule has 0 radical (unpaired) electrons. The number of carbonyl (C=O) groups excluding carboxylic acids is 2. The van der Waals surface area contributed by atoms with E-state index in [1.54, 1.807) is 7.05 Å². The molecule has 0 unspecified atom stereocenters. The summed E-state index contributed by atoms with van der Waals surface area (Å²) in [6.45, 7) is 0.411. The molecule has 0 atom stereocenters. The van der Waals surface area contributed by atoms with Crippen LogP contribution in [-0.2, 0) is 23.1 Å². The number of nitrogens with zero attached hydrogens (tertiary/aromatic N) is 2. The van der Waals surface area contributed by atoms with E-state index < -0.39 is 17.5 Å². The highest BCUT2D eigenvalue weighted by molar-refractivity contribution is 5.89. The predicted octanol–water partition coefficient (Wildman–Crippen LogP) is 3.05. The van der Waals surface area contributed by atoms with Crippen LogP contribution in [0.25, 0.3) is 11.1 Å². The number of rotatable bonds is 8. The van der Waals surface area contributed by atoms with Crippen molar-refractivity contribution in [3.8, 4) is 11.1 Å². The Labute approximate surface area is 202 Å². The van der Waals surface area contributed by atoms with Crippen molar-refractivity contribution in [3.05, 3.63) is 77.1 Å². The number of hydrogen-bond donors (Lipinski definition) is 3. The molecule has 9 heteroatoms. The van der Waals surface area contributed by atoms with Crippen LogP contribution >= 0.6 is 0 Å². The Kier molecular flexibility index (Phi) is 5.76. The predicted molar refractivity (Wildman–Crippen MR) is 127 cm³/mol. The van der Waals surface area contributed by atoms with E-state index in [2.05, 4.69) is 40.0 Å². The SMILES string of the molecule is Cn1ncc(C(=O)O)c1CNC(=O)C1(CNC(=O)OCC2c3ccccc3-c3ccccc32)CC1. The molecular weight excluding hydrogens is 448 g/mol. The standard InChI is InChI=1S/C26H26N4O5/c1-30-22(20(12-29-30)23(31)32)13-27-24(33)26(10-11-26)15-28-25(34)35-14-21-18-8-4-2-6-16(18)17-7-3-5-9-19(17)21/h2-9,12,21H,10-11,13-15H2,1H3,(H,27,33)(H,28,34)(H,31,32). The zero-order valence-electron chi connectivity index (χ0n) is 19.3. The molecule has 0 aliphatic heterocycles. The Bertz CT molecular complexity index is 1270. The van der Waals surface area contributed by atoms with Gasteiger partial charge in [0.2, 0.25) is 5.91 Å². The van der Waals surface area contributed by atoms with E-state index in [-0.39, 0.29) is 37.1 Å². The molecule has 0 bridgehead atoms. The lowest BCUT2D eigenvalue weighted by molar-refractivity contribution is -0.126. The van der Waals surface area contributed by atoms with Crippen LogP contribution in [0.4, 0.5) is 4.79 Å². The highest BCUT2D eigenvalue weighted by Crippen LogP contribution is 2.46. The number of ether oxygens (including phenoxy) is 1. The zero-order chi connectivity index (χ0) is 24.6. The Morgan fingerprint density at radius 1 is 1.06 bits per heavy atom. The topological polar surface area (TPSA) is 123 Å². The number of carbonyl (C=O) groups is 3. The number of fused-ring (bicyclic) bond motifs is 3. The summed E-state index contributed by atoms with van der Waals surface area (Å²) >= 11 is 0. The van der Waals surface area contributed by atoms with Crippen molar-refractivity contribution in [3.63, 3.8) is 0 Å². The molecule has 2 aromatic carbocycles. The fourth-order valence-electron chi connectivity index (χ4n) is 4.73. The van der Waals surface area contributed by atoms with Crippen molar-refractivity contribution in [2.45, 2.75) is 25.3 Å². The van der Waals surface area contributed by atoms with Gasteiger partial charge in [0.05, 0.1) is 23.9 Å². The maximum atomic E-state index is 12.8. The molecule has 2 aliphatic rings. The van der Waals surface area contributed by atoms with Crippen molar-refractivity contribution in [1.82, 2.24) is 20.4 Å². The normalized spacial score (nSPS) is 15.1. The van der Waals surface area contributed by atoms with Gasteiger partial charge in [-0.05, 0) is 35.1 Å². The lowest BCUT2D eigenvalue weighted by Gasteiger charge is -2.18. The Morgan fingerprint density at radius 2 is 1.69 bits per heavy atom. The molecule has 1 heterocycles. The lowest BCUT2D eigenvalue weighted by atomic mass is 9.98. The smallest absolute Gasteiger partial charge is 0.407 e. The molecule has 2 amide bonds. The van der Waals surface area contributed by atoms with Crippen molar-refractivity contribution in [2.75, 3.05) is 13.2 Å². The summed E-state index contributed by atoms with van der Waals surface area (Å²) in [6, 6.07) is 16.2. The molecule has 9 nitrogen and oxygen atoms in total. The van der Waals surface area contributed by atoms with Crippen LogP contribution in [0.15, 0.2) is 54.7 Å². The molecule has 1 fully saturated rings. The molecule has 2 aliphatic carbocycles. The number of carboxylic acid groups (broad SMARTS) is 1. The van der Waals surface area contributed by atoms with Crippen LogP contribution < -0.4 is 10.6 Å². The van der Waals surface area contributed by atoms with Gasteiger partial charge in [0.25, 0.3) is 0 Å². The first-order valence-corrected chi connectivity index (χ1v) is 11.5. The van der Waals surface area contributed by atoms with Gasteiger partial charge in [0, 0.05) is 19.5 Å². The third-order valence-corrected chi connectivity index (χ3v) is 6.96. The molecular formula is C26H26N4O5. The summed E-state index contributed by atoms with van der Waals surface area (Å²) < 4.78 is 6.99. The van der Waals surface area contributed by atoms with Crippen LogP contribution in [-0.4, -0.2) is 46.0 Å². The van der Waals surface area contributed by atoms with Gasteiger partial charge in [0.15, 0.2) is 0 Å². The van der Waals surface area contributed by atoms with Gasteiger partial charge in [0.1, 0.15) is 12.2 Å². The first-order valence-electron chi connectivity index (χ1n) is 11.5. The minimum atomic E-state index is -1.10. The second-order valence-electron chi connectivity index (χ2n) is 9.08. The van der Waals surface area contributed by atoms with Crippen LogP contribution in [0.2, 0.25) is 0 Å². The largest absolute Gasteiger partial charge is 0.478 e. The Balaban J connectivity index is 1.15. The maximum Gasteiger partial charge on any atom is 0.407 e. The highest BCUT2D eigenvalue weighted by Gasteiger charge is 2.50. The number of aryl methyl sites for hydroxylation is 1. The van der Waals surface area contributed by atoms with Crippen LogP contribution in [0.3, 0.4) is 0 Å². The molecule has 180 valence electrons. The van der Waals surface area contributed by atoms with Gasteiger partial charge in [-0.15, -0.1) is 0 Å². The number of amides is 2. The van der Waals surface area contributed by atoms with Crippen molar-refractivity contribution in [1.29, 1.82) is 0 Å². The van der Waals surface area contributed by atoms with E-state index in [4.69, 9.17) is 4.74 Å². The van der Waals surface area contributed by atoms with Gasteiger partial charge >= 0.3 is 12.1 Å². The van der Waals surface area contributed by atoms with Gasteiger partial charge in [-0.3, -0.25) is 9.48 Å². The van der Waals surface area contributed by atoms with Gasteiger partial charge in [-0.1, -0.05) is 48.5 Å². The fourth-order valence-corrected chi connectivity index (χ4v) is 4.73. The number of alkyl carbamates (subject to hydrolysis) is 1. The second kappa shape index (κ2) is 8.90. The fraction of sp³-hybridized carbons (Fsp3) is 0.308. The summed E-state index contributed by atoms with van der Waals surface area (Å²) in [7, 11) is 1.62. The van der Waals surface area contributed by atoms with Crippen molar-refractivity contribution < 1.29 is 24.2 Å². The van der Waals surface area contributed by atoms with E-state index in [1.807, 2.05) is 24.3 Å². The molecule has 3 aromatic rings. The molecule has 5 rings (SSSR count). The average molecular weight is 475 g/mol. The summed E-state index contributed by atoms with van der Waals surface area (Å²) in [5.41, 5.74) is 4.34. The monoisotopic (exact) mass is 474 g/mol. The van der Waals surface area contributed by atoms with E-state index in [9.17, 15) is 19.5 Å². The highest BCUT2D eigenvalue weighted by atomic mass is 16.5. The van der Waals surface area contributed by atoms with Crippen LogP contribution in [0, 0.1) is 5.41 Å². The number of carboxylic acids is 1. The quantitative estimate of drug-likeness (QED) is 0.461. The maximum absolute atomic E-state index is 12.8. The van der Waals surface area contributed by atoms with Gasteiger partial charge in [-0.2, -0.15) is 5.10 Å². The minimum Gasteiger partial charge on any atom is -0.478 e. The first kappa shape index (κ1) is 22.6. The number of aromatic nitrogens is 2. The third kappa shape index (κ3) is 4.25. The number of nitrogens with one attached hydrogen (secondary N) is 2. The first-order chi connectivity index (χ1) is 16.9. The Hall–Kier alpha value is -4.14. The summed E-state index contributed by atoms with van der Waals surface area (Å²) in [6.07, 6.45) is 1.97. The van der Waals surface area contributed by atoms with Crippen LogP contribution in [0.5, 0.6) is 0 Å². The third-order valence-electron chi connectivity index (χ3n) is 6.96. The van der Waals surface area contributed by atoms with E-state index in [1.165, 1.54) is 10.9 Å². The molecule has 1 aromatic heterocycles. The summed E-state index contributed by atoms with van der Waals surface area (Å²) in [5.74, 6) is -1.36. The van der Waals surface area contributed by atoms with Gasteiger partial charge in [-0.25, -0.2) is 9.59 Å². The minimum absolute atomic E-state index is 0.0336. The number of benzene rings is 2. The molecule has 1 saturated carbocycles. The van der Waals surface area contributed by atoms with Crippen molar-refractivity contribution in [2.24, 2.45) is 12.5 Å². The number of hydrogen-bond acceptors (Lipinski definition) is 5. The molecule has 0 saturated heterocycles. The zero-order valence-corrected chi connectivity index (χ0v) is 19.3. The molecule has 3 N–H and O–H groups in total. The van der Waals surface area contributed by atoms with Crippen molar-refractivity contribution >= 4 is 18.0 Å². The molecule has 35 heavy (non-hydrogen) atoms. The second-order valence-corrected chi connectivity index (χ2v) is 9.08. The summed E-state index contributed by atoms with van der Waals surface area (Å²) in [4.78, 5) is 36.6. The molecule has 0 spiro atoms. The van der Waals surface area contributed by atoms with E-state index >= 15 is 0 Å².